The van der Waals surface area contributed by atoms with Crippen molar-refractivity contribution in [1.82, 2.24) is 10.3 Å². The number of thiophene rings is 1. The van der Waals surface area contributed by atoms with E-state index in [0.29, 0.717) is 18.0 Å². The van der Waals surface area contributed by atoms with Gasteiger partial charge in [-0.2, -0.15) is 0 Å². The number of hydrogen-bond acceptors (Lipinski definition) is 5. The standard InChI is InChI=1S/C17H16N2O2S2/c1-22-13-6-4-12(5-7-13)8-9-18-17(20)15-16(21-11-19-15)14-3-2-10-23-14/h2-7,10-11H,8-9H2,1H3,(H,18,20). The molecule has 0 fully saturated rings. The third-order valence-corrected chi connectivity index (χ3v) is 5.00. The van der Waals surface area contributed by atoms with Crippen LogP contribution in [0.4, 0.5) is 0 Å². The van der Waals surface area contributed by atoms with Crippen molar-refractivity contribution >= 4 is 29.0 Å². The van der Waals surface area contributed by atoms with E-state index < -0.39 is 0 Å². The van der Waals surface area contributed by atoms with E-state index >= 15 is 0 Å². The van der Waals surface area contributed by atoms with E-state index in [-0.39, 0.29) is 5.91 Å². The molecule has 0 aliphatic rings. The number of benzene rings is 1. The first-order valence-corrected chi connectivity index (χ1v) is 9.27. The van der Waals surface area contributed by atoms with Crippen molar-refractivity contribution in [3.8, 4) is 10.6 Å². The van der Waals surface area contributed by atoms with Crippen LogP contribution in [0.5, 0.6) is 0 Å². The van der Waals surface area contributed by atoms with Crippen molar-refractivity contribution < 1.29 is 9.21 Å². The summed E-state index contributed by atoms with van der Waals surface area (Å²) in [7, 11) is 0. The van der Waals surface area contributed by atoms with Crippen molar-refractivity contribution in [3.63, 3.8) is 0 Å². The van der Waals surface area contributed by atoms with Gasteiger partial charge in [-0.05, 0) is 41.8 Å². The maximum absolute atomic E-state index is 12.3. The van der Waals surface area contributed by atoms with Crippen LogP contribution in [-0.4, -0.2) is 23.7 Å². The Labute approximate surface area is 142 Å². The van der Waals surface area contributed by atoms with E-state index in [1.807, 2.05) is 17.5 Å². The highest BCUT2D eigenvalue weighted by Crippen LogP contribution is 2.27. The molecule has 4 nitrogen and oxygen atoms in total. The molecule has 2 aromatic heterocycles. The Balaban J connectivity index is 1.58. The van der Waals surface area contributed by atoms with Crippen molar-refractivity contribution in [2.24, 2.45) is 0 Å². The lowest BCUT2D eigenvalue weighted by atomic mass is 10.1. The lowest BCUT2D eigenvalue weighted by Crippen LogP contribution is -2.26. The number of hydrogen-bond donors (Lipinski definition) is 1. The number of rotatable bonds is 6. The molecule has 0 atom stereocenters. The van der Waals surface area contributed by atoms with Crippen molar-refractivity contribution in [1.29, 1.82) is 0 Å². The van der Waals surface area contributed by atoms with Gasteiger partial charge in [0.15, 0.2) is 17.8 Å². The van der Waals surface area contributed by atoms with E-state index in [2.05, 4.69) is 40.8 Å². The number of oxazole rings is 1. The van der Waals surface area contributed by atoms with Crippen LogP contribution < -0.4 is 5.32 Å². The molecule has 0 aliphatic carbocycles. The largest absolute Gasteiger partial charge is 0.442 e. The SMILES string of the molecule is CSc1ccc(CCNC(=O)c2ncoc2-c2cccs2)cc1. The van der Waals surface area contributed by atoms with Crippen molar-refractivity contribution in [3.05, 3.63) is 59.4 Å². The van der Waals surface area contributed by atoms with Crippen molar-refractivity contribution in [2.75, 3.05) is 12.8 Å². The number of nitrogens with zero attached hydrogens (tertiary/aromatic N) is 1. The van der Waals surface area contributed by atoms with Gasteiger partial charge in [0.05, 0.1) is 4.88 Å². The van der Waals surface area contributed by atoms with E-state index in [1.54, 1.807) is 11.8 Å². The number of aromatic nitrogens is 1. The maximum Gasteiger partial charge on any atom is 0.273 e. The molecular weight excluding hydrogens is 328 g/mol. The van der Waals surface area contributed by atoms with Crippen LogP contribution in [0, 0.1) is 0 Å². The van der Waals surface area contributed by atoms with Gasteiger partial charge in [0.25, 0.3) is 5.91 Å². The molecule has 0 bridgehead atoms. The third kappa shape index (κ3) is 3.83. The molecule has 2 heterocycles. The van der Waals surface area contributed by atoms with E-state index in [4.69, 9.17) is 4.42 Å². The molecule has 1 aromatic carbocycles. The zero-order chi connectivity index (χ0) is 16.1. The minimum absolute atomic E-state index is 0.206. The highest BCUT2D eigenvalue weighted by molar-refractivity contribution is 7.98. The average molecular weight is 344 g/mol. The molecule has 23 heavy (non-hydrogen) atoms. The Morgan fingerprint density at radius 3 is 2.83 bits per heavy atom. The first-order chi connectivity index (χ1) is 11.3. The fourth-order valence-electron chi connectivity index (χ4n) is 2.19. The molecule has 1 amide bonds. The molecule has 0 saturated carbocycles. The average Bonchev–Trinajstić information content (AvgIpc) is 3.26. The molecule has 0 aliphatic heterocycles. The Morgan fingerprint density at radius 1 is 1.30 bits per heavy atom. The lowest BCUT2D eigenvalue weighted by Gasteiger charge is -2.05. The summed E-state index contributed by atoms with van der Waals surface area (Å²) in [6.45, 7) is 0.564. The number of amides is 1. The lowest BCUT2D eigenvalue weighted by molar-refractivity contribution is 0.0950. The van der Waals surface area contributed by atoms with Gasteiger partial charge in [-0.15, -0.1) is 23.1 Å². The number of thioether (sulfide) groups is 1. The predicted molar refractivity (Wildman–Crippen MR) is 94.1 cm³/mol. The van der Waals surface area contributed by atoms with Crippen LogP contribution in [0.2, 0.25) is 0 Å². The zero-order valence-electron chi connectivity index (χ0n) is 12.6. The monoisotopic (exact) mass is 344 g/mol. The van der Waals surface area contributed by atoms with Crippen LogP contribution in [-0.2, 0) is 6.42 Å². The van der Waals surface area contributed by atoms with Gasteiger partial charge in [-0.3, -0.25) is 4.79 Å². The zero-order valence-corrected chi connectivity index (χ0v) is 14.2. The van der Waals surface area contributed by atoms with Gasteiger partial charge in [-0.1, -0.05) is 18.2 Å². The fourth-order valence-corrected chi connectivity index (χ4v) is 3.31. The third-order valence-electron chi connectivity index (χ3n) is 3.39. The van der Waals surface area contributed by atoms with E-state index in [9.17, 15) is 4.79 Å². The minimum atomic E-state index is -0.206. The summed E-state index contributed by atoms with van der Waals surface area (Å²) < 4.78 is 5.36. The van der Waals surface area contributed by atoms with Crippen LogP contribution >= 0.6 is 23.1 Å². The number of carbonyl (C=O) groups excluding carboxylic acids is 1. The highest BCUT2D eigenvalue weighted by Gasteiger charge is 2.18. The Bertz CT molecular complexity index is 764. The molecule has 0 saturated heterocycles. The summed E-state index contributed by atoms with van der Waals surface area (Å²) in [6.07, 6.45) is 4.15. The van der Waals surface area contributed by atoms with Crippen LogP contribution in [0.3, 0.4) is 0 Å². The second kappa shape index (κ2) is 7.48. The van der Waals surface area contributed by atoms with Crippen LogP contribution in [0.1, 0.15) is 16.1 Å². The molecule has 3 rings (SSSR count). The van der Waals surface area contributed by atoms with E-state index in [1.165, 1.54) is 28.2 Å². The quantitative estimate of drug-likeness (QED) is 0.684. The van der Waals surface area contributed by atoms with Gasteiger partial charge in [0.2, 0.25) is 0 Å². The molecule has 6 heteroatoms. The molecule has 118 valence electrons. The Kier molecular flexibility index (Phi) is 5.15. The van der Waals surface area contributed by atoms with Gasteiger partial charge >= 0.3 is 0 Å². The Hall–Kier alpha value is -2.05. The highest BCUT2D eigenvalue weighted by atomic mass is 32.2. The molecule has 0 radical (unpaired) electrons. The van der Waals surface area contributed by atoms with Crippen LogP contribution in [0.15, 0.2) is 57.5 Å². The molecule has 0 spiro atoms. The Morgan fingerprint density at radius 2 is 2.13 bits per heavy atom. The smallest absolute Gasteiger partial charge is 0.273 e. The fraction of sp³-hybridized carbons (Fsp3) is 0.176. The summed E-state index contributed by atoms with van der Waals surface area (Å²) in [5.74, 6) is 0.324. The summed E-state index contributed by atoms with van der Waals surface area (Å²) in [4.78, 5) is 18.5. The summed E-state index contributed by atoms with van der Waals surface area (Å²) in [5, 5.41) is 4.84. The van der Waals surface area contributed by atoms with E-state index in [0.717, 1.165) is 11.3 Å². The van der Waals surface area contributed by atoms with Gasteiger partial charge in [-0.25, -0.2) is 4.98 Å². The summed E-state index contributed by atoms with van der Waals surface area (Å²) in [6, 6.07) is 12.2. The first-order valence-electron chi connectivity index (χ1n) is 7.16. The molecular formula is C17H16N2O2S2. The summed E-state index contributed by atoms with van der Waals surface area (Å²) in [5.41, 5.74) is 1.53. The number of nitrogens with one attached hydrogen (secondary N) is 1. The second-order valence-corrected chi connectivity index (χ2v) is 6.69. The predicted octanol–water partition coefficient (Wildman–Crippen LogP) is 4.10. The first kappa shape index (κ1) is 15.8. The van der Waals surface area contributed by atoms with Crippen LogP contribution in [0.25, 0.3) is 10.6 Å². The second-order valence-electron chi connectivity index (χ2n) is 4.86. The molecule has 0 unspecified atom stereocenters. The van der Waals surface area contributed by atoms with Crippen molar-refractivity contribution in [2.45, 2.75) is 11.3 Å². The van der Waals surface area contributed by atoms with Gasteiger partial charge < -0.3 is 9.73 Å². The molecule has 3 aromatic rings. The summed E-state index contributed by atoms with van der Waals surface area (Å²) >= 11 is 3.24. The normalized spacial score (nSPS) is 10.7. The topological polar surface area (TPSA) is 55.1 Å². The number of carbonyl (C=O) groups is 1. The maximum atomic E-state index is 12.3. The molecule has 1 N–H and O–H groups in total. The minimum Gasteiger partial charge on any atom is -0.442 e. The van der Waals surface area contributed by atoms with Gasteiger partial charge in [0.1, 0.15) is 0 Å². The van der Waals surface area contributed by atoms with Gasteiger partial charge in [0, 0.05) is 11.4 Å².